The van der Waals surface area contributed by atoms with Crippen molar-refractivity contribution in [1.29, 1.82) is 0 Å². The number of aliphatic hydroxyl groups is 1. The molecule has 1 aliphatic heterocycles. The summed E-state index contributed by atoms with van der Waals surface area (Å²) in [5.41, 5.74) is 2.11. The van der Waals surface area contributed by atoms with Gasteiger partial charge in [-0.3, -0.25) is 0 Å². The first-order valence-corrected chi connectivity index (χ1v) is 7.46. The van der Waals surface area contributed by atoms with Gasteiger partial charge in [-0.15, -0.1) is 0 Å². The average Bonchev–Trinajstić information content (AvgIpc) is 2.63. The second-order valence-corrected chi connectivity index (χ2v) is 6.17. The van der Waals surface area contributed by atoms with Crippen LogP contribution in [-0.4, -0.2) is 33.8 Å². The number of aryl methyl sites for hydroxylation is 1. The van der Waals surface area contributed by atoms with Crippen molar-refractivity contribution in [3.63, 3.8) is 0 Å². The van der Waals surface area contributed by atoms with Gasteiger partial charge in [0.25, 0.3) is 0 Å². The summed E-state index contributed by atoms with van der Waals surface area (Å²) >= 11 is 0. The molecule has 2 aliphatic rings. The van der Waals surface area contributed by atoms with Gasteiger partial charge in [-0.25, -0.2) is 9.97 Å². The van der Waals surface area contributed by atoms with Gasteiger partial charge in [-0.05, 0) is 45.4 Å². The number of rotatable bonds is 1. The summed E-state index contributed by atoms with van der Waals surface area (Å²) in [6, 6.07) is 0. The average molecular weight is 261 g/mol. The molecule has 1 fully saturated rings. The third-order valence-electron chi connectivity index (χ3n) is 4.49. The van der Waals surface area contributed by atoms with Crippen molar-refractivity contribution in [3.05, 3.63) is 17.6 Å². The molecule has 1 aliphatic carbocycles. The van der Waals surface area contributed by atoms with Crippen LogP contribution in [-0.2, 0) is 12.8 Å². The lowest BCUT2D eigenvalue weighted by molar-refractivity contribution is 0.0350. The Balaban J connectivity index is 1.85. The van der Waals surface area contributed by atoms with Crippen LogP contribution in [0.4, 0.5) is 5.82 Å². The molecule has 0 amide bonds. The molecule has 0 aromatic carbocycles. The minimum atomic E-state index is -0.500. The molecular weight excluding hydrogens is 238 g/mol. The van der Waals surface area contributed by atoms with Crippen LogP contribution in [0.3, 0.4) is 0 Å². The molecule has 0 bridgehead atoms. The van der Waals surface area contributed by atoms with Crippen LogP contribution in [0.5, 0.6) is 0 Å². The second-order valence-electron chi connectivity index (χ2n) is 6.17. The normalized spacial score (nSPS) is 22.7. The van der Waals surface area contributed by atoms with Gasteiger partial charge in [0, 0.05) is 24.3 Å². The van der Waals surface area contributed by atoms with Crippen molar-refractivity contribution >= 4 is 5.82 Å². The van der Waals surface area contributed by atoms with E-state index >= 15 is 0 Å². The Morgan fingerprint density at radius 3 is 2.63 bits per heavy atom. The summed E-state index contributed by atoms with van der Waals surface area (Å²) in [4.78, 5) is 11.4. The highest BCUT2D eigenvalue weighted by Crippen LogP contribution is 2.30. The topological polar surface area (TPSA) is 49.2 Å². The van der Waals surface area contributed by atoms with Crippen molar-refractivity contribution in [1.82, 2.24) is 9.97 Å². The predicted octanol–water partition coefficient (Wildman–Crippen LogP) is 2.10. The number of piperidine rings is 1. The van der Waals surface area contributed by atoms with Crippen LogP contribution in [0, 0.1) is 0 Å². The molecule has 1 N–H and O–H groups in total. The van der Waals surface area contributed by atoms with E-state index in [-0.39, 0.29) is 0 Å². The monoisotopic (exact) mass is 261 g/mol. The third kappa shape index (κ3) is 2.73. The molecule has 19 heavy (non-hydrogen) atoms. The van der Waals surface area contributed by atoms with Crippen LogP contribution in [0.25, 0.3) is 0 Å². The fraction of sp³-hybridized carbons (Fsp3) is 0.733. The van der Waals surface area contributed by atoms with E-state index in [4.69, 9.17) is 0 Å². The number of hydrogen-bond acceptors (Lipinski definition) is 4. The van der Waals surface area contributed by atoms with E-state index in [9.17, 15) is 5.11 Å². The number of hydrogen-bond donors (Lipinski definition) is 1. The van der Waals surface area contributed by atoms with E-state index in [2.05, 4.69) is 14.9 Å². The van der Waals surface area contributed by atoms with E-state index in [1.165, 1.54) is 30.5 Å². The molecule has 1 aromatic heterocycles. The molecule has 0 spiro atoms. The van der Waals surface area contributed by atoms with Gasteiger partial charge in [0.1, 0.15) is 12.1 Å². The maximum Gasteiger partial charge on any atom is 0.135 e. The summed E-state index contributed by atoms with van der Waals surface area (Å²) < 4.78 is 0. The van der Waals surface area contributed by atoms with Crippen molar-refractivity contribution in [2.45, 2.75) is 57.5 Å². The zero-order valence-electron chi connectivity index (χ0n) is 11.7. The Morgan fingerprint density at radius 1 is 1.11 bits per heavy atom. The highest BCUT2D eigenvalue weighted by atomic mass is 16.3. The molecular formula is C15H23N3O. The Kier molecular flexibility index (Phi) is 3.44. The van der Waals surface area contributed by atoms with Gasteiger partial charge in [0.05, 0.1) is 5.60 Å². The lowest BCUT2D eigenvalue weighted by Gasteiger charge is -2.37. The van der Waals surface area contributed by atoms with Crippen molar-refractivity contribution in [3.8, 4) is 0 Å². The van der Waals surface area contributed by atoms with Gasteiger partial charge in [0.2, 0.25) is 0 Å². The minimum Gasteiger partial charge on any atom is -0.390 e. The highest BCUT2D eigenvalue weighted by Gasteiger charge is 2.29. The summed E-state index contributed by atoms with van der Waals surface area (Å²) in [5, 5.41) is 10.1. The standard InChI is InChI=1S/C15H23N3O/c1-15(19)7-9-18(10-8-15)14-12-5-3-2-4-6-13(12)16-11-17-14/h11,19H,2-10H2,1H3. The van der Waals surface area contributed by atoms with Gasteiger partial charge in [0.15, 0.2) is 0 Å². The lowest BCUT2D eigenvalue weighted by atomic mass is 9.93. The minimum absolute atomic E-state index is 0.500. The van der Waals surface area contributed by atoms with Crippen molar-refractivity contribution < 1.29 is 5.11 Å². The van der Waals surface area contributed by atoms with Gasteiger partial charge < -0.3 is 10.0 Å². The first-order chi connectivity index (χ1) is 9.16. The van der Waals surface area contributed by atoms with Crippen LogP contribution in [0.2, 0.25) is 0 Å². The Labute approximate surface area is 114 Å². The molecule has 104 valence electrons. The smallest absolute Gasteiger partial charge is 0.135 e. The van der Waals surface area contributed by atoms with Crippen molar-refractivity contribution in [2.24, 2.45) is 0 Å². The zero-order chi connectivity index (χ0) is 13.3. The molecule has 1 aromatic rings. The molecule has 3 rings (SSSR count). The second kappa shape index (κ2) is 5.08. The number of fused-ring (bicyclic) bond motifs is 1. The highest BCUT2D eigenvalue weighted by molar-refractivity contribution is 5.49. The molecule has 4 heteroatoms. The van der Waals surface area contributed by atoms with Crippen LogP contribution in [0.1, 0.15) is 50.3 Å². The van der Waals surface area contributed by atoms with E-state index in [1.807, 2.05) is 6.92 Å². The SMILES string of the molecule is CC1(O)CCN(c2ncnc3c2CCCCC3)CC1. The maximum atomic E-state index is 10.1. The quantitative estimate of drug-likeness (QED) is 0.787. The molecule has 0 radical (unpaired) electrons. The van der Waals surface area contributed by atoms with Gasteiger partial charge >= 0.3 is 0 Å². The number of nitrogens with zero attached hydrogens (tertiary/aromatic N) is 3. The largest absolute Gasteiger partial charge is 0.390 e. The number of aromatic nitrogens is 2. The van der Waals surface area contributed by atoms with E-state index in [0.717, 1.165) is 44.6 Å². The Morgan fingerprint density at radius 2 is 1.84 bits per heavy atom. The van der Waals surface area contributed by atoms with Crippen molar-refractivity contribution in [2.75, 3.05) is 18.0 Å². The van der Waals surface area contributed by atoms with E-state index < -0.39 is 5.60 Å². The fourth-order valence-corrected chi connectivity index (χ4v) is 3.15. The third-order valence-corrected chi connectivity index (χ3v) is 4.49. The summed E-state index contributed by atoms with van der Waals surface area (Å²) in [6.07, 6.45) is 9.36. The first-order valence-electron chi connectivity index (χ1n) is 7.46. The van der Waals surface area contributed by atoms with Crippen LogP contribution in [0.15, 0.2) is 6.33 Å². The summed E-state index contributed by atoms with van der Waals surface area (Å²) in [6.45, 7) is 3.73. The predicted molar refractivity (Wildman–Crippen MR) is 75.4 cm³/mol. The fourth-order valence-electron chi connectivity index (χ4n) is 3.15. The van der Waals surface area contributed by atoms with Crippen LogP contribution >= 0.6 is 0 Å². The molecule has 2 heterocycles. The zero-order valence-corrected chi connectivity index (χ0v) is 11.7. The molecule has 0 unspecified atom stereocenters. The first kappa shape index (κ1) is 12.9. The van der Waals surface area contributed by atoms with E-state index in [1.54, 1.807) is 6.33 Å². The maximum absolute atomic E-state index is 10.1. The van der Waals surface area contributed by atoms with Gasteiger partial charge in [-0.1, -0.05) is 6.42 Å². The van der Waals surface area contributed by atoms with Crippen LogP contribution < -0.4 is 4.90 Å². The molecule has 0 atom stereocenters. The molecule has 4 nitrogen and oxygen atoms in total. The van der Waals surface area contributed by atoms with Gasteiger partial charge in [-0.2, -0.15) is 0 Å². The number of anilines is 1. The lowest BCUT2D eigenvalue weighted by Crippen LogP contribution is -2.43. The molecule has 0 saturated carbocycles. The Bertz CT molecular complexity index is 449. The Hall–Kier alpha value is -1.16. The summed E-state index contributed by atoms with van der Waals surface area (Å²) in [7, 11) is 0. The summed E-state index contributed by atoms with van der Waals surface area (Å²) in [5.74, 6) is 1.13. The van der Waals surface area contributed by atoms with E-state index in [0.29, 0.717) is 0 Å². The molecule has 1 saturated heterocycles.